The molecule has 6 heteroatoms. The van der Waals surface area contributed by atoms with Crippen LogP contribution in [-0.4, -0.2) is 19.1 Å². The number of pyridine rings is 2. The van der Waals surface area contributed by atoms with E-state index in [-0.39, 0.29) is 21.7 Å². The molecule has 0 bridgehead atoms. The average molecular weight is 830 g/mol. The summed E-state index contributed by atoms with van der Waals surface area (Å²) in [6.07, 6.45) is 7.49. The van der Waals surface area contributed by atoms with Crippen LogP contribution in [0.1, 0.15) is 105 Å². The van der Waals surface area contributed by atoms with E-state index < -0.39 is 0 Å². The van der Waals surface area contributed by atoms with Gasteiger partial charge in [-0.2, -0.15) is 0 Å². The normalized spacial score (nSPS) is 12.8. The first kappa shape index (κ1) is 41.8. The van der Waals surface area contributed by atoms with Crippen LogP contribution in [0.15, 0.2) is 140 Å². The van der Waals surface area contributed by atoms with E-state index in [1.165, 1.54) is 33.4 Å². The van der Waals surface area contributed by atoms with Gasteiger partial charge in [-0.15, -0.1) is 0 Å². The second kappa shape index (κ2) is 15.1. The number of hydrogen-bond acceptors (Lipinski definition) is 3. The molecule has 0 N–H and O–H groups in total. The van der Waals surface area contributed by atoms with Crippen LogP contribution in [0.3, 0.4) is 0 Å². The van der Waals surface area contributed by atoms with Gasteiger partial charge in [-0.25, -0.2) is 4.98 Å². The minimum Gasteiger partial charge on any atom is -0.458 e. The monoisotopic (exact) mass is 829 g/mol. The fraction of sp³-hybridized carbons (Fsp3) is 0.281. The molecule has 0 saturated carbocycles. The lowest BCUT2D eigenvalue weighted by atomic mass is 9.80. The van der Waals surface area contributed by atoms with Gasteiger partial charge in [0.1, 0.15) is 17.3 Å². The fourth-order valence-electron chi connectivity index (χ4n) is 8.39. The summed E-state index contributed by atoms with van der Waals surface area (Å²) in [6.45, 7) is 27.2. The van der Waals surface area contributed by atoms with Gasteiger partial charge >= 0.3 is 0 Å². The van der Waals surface area contributed by atoms with Gasteiger partial charge in [0, 0.05) is 35.3 Å². The minimum absolute atomic E-state index is 0.0335. The molecular formula is C57H59N5O. The molecule has 0 fully saturated rings. The van der Waals surface area contributed by atoms with Gasteiger partial charge in [0.2, 0.25) is 0 Å². The number of ether oxygens (including phenoxy) is 1. The van der Waals surface area contributed by atoms with E-state index >= 15 is 0 Å². The highest BCUT2D eigenvalue weighted by molar-refractivity contribution is 6.10. The zero-order valence-electron chi connectivity index (χ0n) is 38.9. The lowest BCUT2D eigenvalue weighted by Gasteiger charge is -2.26. The van der Waals surface area contributed by atoms with Crippen molar-refractivity contribution in [1.82, 2.24) is 19.1 Å². The Labute approximate surface area is 372 Å². The first-order valence-corrected chi connectivity index (χ1v) is 22.1. The van der Waals surface area contributed by atoms with Crippen molar-refractivity contribution in [2.24, 2.45) is 0 Å². The molecule has 9 aromatic rings. The van der Waals surface area contributed by atoms with Gasteiger partial charge in [0.25, 0.3) is 6.33 Å². The maximum absolute atomic E-state index is 6.77. The molecule has 0 aliphatic heterocycles. The molecule has 0 unspecified atom stereocenters. The molecule has 4 heterocycles. The van der Waals surface area contributed by atoms with Crippen LogP contribution in [0, 0.1) is 6.33 Å². The molecular weight excluding hydrogens is 771 g/mol. The Hall–Kier alpha value is -6.53. The molecule has 0 aliphatic rings. The van der Waals surface area contributed by atoms with Gasteiger partial charge < -0.3 is 4.74 Å². The van der Waals surface area contributed by atoms with Crippen molar-refractivity contribution in [2.45, 2.75) is 105 Å². The summed E-state index contributed by atoms with van der Waals surface area (Å²) in [6, 6.07) is 45.6. The molecule has 5 aromatic carbocycles. The Bertz CT molecular complexity index is 3140. The molecule has 6 nitrogen and oxygen atoms in total. The van der Waals surface area contributed by atoms with Crippen molar-refractivity contribution in [3.8, 4) is 39.9 Å². The van der Waals surface area contributed by atoms with Crippen LogP contribution in [0.5, 0.6) is 11.5 Å². The molecule has 0 spiro atoms. The van der Waals surface area contributed by atoms with Crippen molar-refractivity contribution in [3.63, 3.8) is 0 Å². The maximum Gasteiger partial charge on any atom is 0.271 e. The number of aromatic nitrogens is 5. The Morgan fingerprint density at radius 2 is 1.08 bits per heavy atom. The lowest BCUT2D eigenvalue weighted by Crippen LogP contribution is -2.31. The maximum atomic E-state index is 6.77. The molecule has 4 aromatic heterocycles. The molecule has 63 heavy (non-hydrogen) atoms. The topological polar surface area (TPSA) is 48.8 Å². The number of fused-ring (bicyclic) bond motifs is 4. The van der Waals surface area contributed by atoms with Crippen molar-refractivity contribution in [2.75, 3.05) is 0 Å². The van der Waals surface area contributed by atoms with Crippen LogP contribution in [-0.2, 0) is 21.7 Å². The SMILES string of the molecule is CC(C)(C)c1cc(-[n+]2[c-]n(-c3cc(Oc4ccc5c6cc(-c7ccccc7)ccc6n(-c6cc(C(C)(C)C)ccn6)c5c4)ccn3)c3ccc(C(C)(C)C)cc32)cc(C(C)(C)C)c1. The summed E-state index contributed by atoms with van der Waals surface area (Å²) >= 11 is 0. The zero-order valence-corrected chi connectivity index (χ0v) is 38.9. The third kappa shape index (κ3) is 8.04. The molecule has 0 amide bonds. The van der Waals surface area contributed by atoms with E-state index in [1.807, 2.05) is 24.5 Å². The van der Waals surface area contributed by atoms with Gasteiger partial charge in [-0.05, 0) is 116 Å². The highest BCUT2D eigenvalue weighted by Crippen LogP contribution is 2.39. The summed E-state index contributed by atoms with van der Waals surface area (Å²) in [5, 5.41) is 2.29. The Morgan fingerprint density at radius 1 is 0.460 bits per heavy atom. The first-order chi connectivity index (χ1) is 29.7. The second-order valence-corrected chi connectivity index (χ2v) is 21.2. The quantitative estimate of drug-likeness (QED) is 0.124. The molecule has 0 radical (unpaired) electrons. The van der Waals surface area contributed by atoms with Crippen LogP contribution in [0.25, 0.3) is 61.3 Å². The van der Waals surface area contributed by atoms with E-state index in [4.69, 9.17) is 14.7 Å². The van der Waals surface area contributed by atoms with E-state index in [1.54, 1.807) is 0 Å². The Kier molecular flexibility index (Phi) is 10.0. The summed E-state index contributed by atoms with van der Waals surface area (Å²) in [7, 11) is 0. The highest BCUT2D eigenvalue weighted by atomic mass is 16.5. The number of rotatable bonds is 6. The van der Waals surface area contributed by atoms with E-state index in [9.17, 15) is 0 Å². The smallest absolute Gasteiger partial charge is 0.271 e. The van der Waals surface area contributed by atoms with Crippen molar-refractivity contribution < 1.29 is 9.30 Å². The largest absolute Gasteiger partial charge is 0.458 e. The molecule has 9 rings (SSSR count). The summed E-state index contributed by atoms with van der Waals surface area (Å²) in [5.74, 6) is 2.99. The number of benzene rings is 5. The number of nitrogens with zero attached hydrogens (tertiary/aromatic N) is 5. The minimum atomic E-state index is -0.0353. The zero-order chi connectivity index (χ0) is 44.6. The summed E-state index contributed by atoms with van der Waals surface area (Å²) < 4.78 is 13.3. The third-order valence-electron chi connectivity index (χ3n) is 12.3. The van der Waals surface area contributed by atoms with Crippen LogP contribution >= 0.6 is 0 Å². The van der Waals surface area contributed by atoms with Crippen molar-refractivity contribution in [3.05, 3.63) is 168 Å². The summed E-state index contributed by atoms with van der Waals surface area (Å²) in [4.78, 5) is 9.85. The van der Waals surface area contributed by atoms with Gasteiger partial charge in [0.15, 0.2) is 5.82 Å². The molecule has 0 saturated heterocycles. The van der Waals surface area contributed by atoms with E-state index in [2.05, 4.69) is 218 Å². The highest BCUT2D eigenvalue weighted by Gasteiger charge is 2.25. The fourth-order valence-corrected chi connectivity index (χ4v) is 8.39. The van der Waals surface area contributed by atoms with E-state index in [0.29, 0.717) is 5.75 Å². The van der Waals surface area contributed by atoms with Crippen molar-refractivity contribution >= 4 is 32.8 Å². The van der Waals surface area contributed by atoms with Gasteiger partial charge in [-0.3, -0.25) is 18.7 Å². The number of hydrogen-bond donors (Lipinski definition) is 0. The van der Waals surface area contributed by atoms with Crippen LogP contribution in [0.2, 0.25) is 0 Å². The van der Waals surface area contributed by atoms with Crippen molar-refractivity contribution in [1.29, 1.82) is 0 Å². The van der Waals surface area contributed by atoms with Crippen LogP contribution < -0.4 is 9.30 Å². The van der Waals surface area contributed by atoms with Gasteiger partial charge in [0.05, 0.1) is 27.8 Å². The summed E-state index contributed by atoms with van der Waals surface area (Å²) in [5.41, 5.74) is 12.5. The molecule has 0 aliphatic carbocycles. The predicted molar refractivity (Wildman–Crippen MR) is 260 cm³/mol. The lowest BCUT2D eigenvalue weighted by molar-refractivity contribution is -0.572. The molecule has 318 valence electrons. The Balaban J connectivity index is 1.17. The molecule has 0 atom stereocenters. The first-order valence-electron chi connectivity index (χ1n) is 22.1. The van der Waals surface area contributed by atoms with Gasteiger partial charge in [-0.1, -0.05) is 138 Å². The predicted octanol–water partition coefficient (Wildman–Crippen LogP) is 14.2. The van der Waals surface area contributed by atoms with Crippen LogP contribution in [0.4, 0.5) is 0 Å². The Morgan fingerprint density at radius 3 is 1.76 bits per heavy atom. The number of imidazole rings is 1. The second-order valence-electron chi connectivity index (χ2n) is 21.2. The standard InChI is InChI=1S/C57H59N5O/c1-54(2,3)39-19-23-49-51(32-39)60(43-30-41(56(7,8)9)29-42(31-43)57(10,11)12)36-61(49)52-35-45(25-27-58-52)63-44-20-21-46-47-28-38(37-16-14-13-15-17-37)18-22-48(47)62(50(46)34-44)53-33-40(24-26-59-53)55(4,5)6/h13-35H,1-12H3. The van der Waals surface area contributed by atoms with E-state index in [0.717, 1.165) is 55.9 Å². The third-order valence-corrected chi connectivity index (χ3v) is 12.3. The average Bonchev–Trinajstić information content (AvgIpc) is 3.78.